The first kappa shape index (κ1) is 20.8. The average molecular weight is 452 g/mol. The van der Waals surface area contributed by atoms with E-state index in [1.54, 1.807) is 59.0 Å². The van der Waals surface area contributed by atoms with Gasteiger partial charge in [-0.1, -0.05) is 0 Å². The lowest BCUT2D eigenvalue weighted by Gasteiger charge is -2.16. The number of nitrogens with zero attached hydrogens (tertiary/aromatic N) is 5. The molecule has 1 amide bonds. The van der Waals surface area contributed by atoms with Crippen molar-refractivity contribution in [3.8, 4) is 5.69 Å². The lowest BCUT2D eigenvalue weighted by molar-refractivity contribution is -0.137. The molecule has 2 aromatic carbocycles. The van der Waals surface area contributed by atoms with Crippen molar-refractivity contribution >= 4 is 27.8 Å². The molecule has 0 fully saturated rings. The topological polar surface area (TPSA) is 71.7 Å². The summed E-state index contributed by atoms with van der Waals surface area (Å²) in [6.07, 6.45) is 0.716. The molecule has 1 N–H and O–H groups in total. The van der Waals surface area contributed by atoms with Crippen molar-refractivity contribution < 1.29 is 18.0 Å². The quantitative estimate of drug-likeness (QED) is 0.436. The zero-order chi connectivity index (χ0) is 23.3. The normalized spacial score (nSPS) is 12.0. The number of carbonyl (C=O) groups excluding carboxylic acids is 1. The molecule has 0 bridgehead atoms. The monoisotopic (exact) mass is 452 g/mol. The molecule has 7 nitrogen and oxygen atoms in total. The summed E-state index contributed by atoms with van der Waals surface area (Å²) < 4.78 is 42.5. The maximum Gasteiger partial charge on any atom is 0.416 e. The summed E-state index contributed by atoms with van der Waals surface area (Å²) in [4.78, 5) is 21.6. The second kappa shape index (κ2) is 7.51. The van der Waals surface area contributed by atoms with Gasteiger partial charge in [0.1, 0.15) is 0 Å². The number of nitrogens with one attached hydrogen (secondary N) is 1. The predicted molar refractivity (Wildman–Crippen MR) is 117 cm³/mol. The maximum absolute atomic E-state index is 13.0. The van der Waals surface area contributed by atoms with Crippen LogP contribution in [0.1, 0.15) is 21.6 Å². The summed E-state index contributed by atoms with van der Waals surface area (Å²) in [5.74, 6) is -0.167. The Morgan fingerprint density at radius 2 is 1.88 bits per heavy atom. The highest BCUT2D eigenvalue weighted by Gasteiger charge is 2.30. The molecule has 0 saturated heterocycles. The molecule has 3 heterocycles. The Hall–Kier alpha value is -4.08. The number of benzene rings is 2. The van der Waals surface area contributed by atoms with Crippen molar-refractivity contribution in [2.45, 2.75) is 12.7 Å². The van der Waals surface area contributed by atoms with Gasteiger partial charge in [-0.25, -0.2) is 4.98 Å². The summed E-state index contributed by atoms with van der Waals surface area (Å²) in [7, 11) is 3.48. The number of aryl methyl sites for hydroxylation is 1. The van der Waals surface area contributed by atoms with Crippen LogP contribution in [-0.4, -0.2) is 42.2 Å². The van der Waals surface area contributed by atoms with Gasteiger partial charge in [-0.2, -0.15) is 18.3 Å². The van der Waals surface area contributed by atoms with Crippen molar-refractivity contribution in [3.05, 3.63) is 78.0 Å². The number of aromatic nitrogens is 5. The third-order valence-corrected chi connectivity index (χ3v) is 5.55. The first-order chi connectivity index (χ1) is 15.7. The van der Waals surface area contributed by atoms with E-state index in [1.807, 2.05) is 6.20 Å². The smallest absolute Gasteiger partial charge is 0.351 e. The van der Waals surface area contributed by atoms with Crippen molar-refractivity contribution in [2.75, 3.05) is 7.05 Å². The van der Waals surface area contributed by atoms with Crippen molar-refractivity contribution in [2.24, 2.45) is 7.05 Å². The molecule has 0 unspecified atom stereocenters. The van der Waals surface area contributed by atoms with Crippen LogP contribution < -0.4 is 0 Å². The van der Waals surface area contributed by atoms with Crippen LogP contribution in [0.25, 0.3) is 27.6 Å². The van der Waals surface area contributed by atoms with Gasteiger partial charge in [0.15, 0.2) is 5.65 Å². The molecule has 0 radical (unpaired) electrons. The third kappa shape index (κ3) is 3.63. The van der Waals surface area contributed by atoms with Crippen LogP contribution in [0.4, 0.5) is 13.2 Å². The van der Waals surface area contributed by atoms with Gasteiger partial charge in [0.05, 0.1) is 29.6 Å². The number of imidazole rings is 1. The van der Waals surface area contributed by atoms with E-state index in [-0.39, 0.29) is 5.91 Å². The molecule has 0 saturated carbocycles. The zero-order valence-electron chi connectivity index (χ0n) is 17.8. The van der Waals surface area contributed by atoms with Gasteiger partial charge in [0.25, 0.3) is 5.91 Å². The van der Waals surface area contributed by atoms with E-state index in [4.69, 9.17) is 0 Å². The number of amides is 1. The van der Waals surface area contributed by atoms with Crippen LogP contribution in [0, 0.1) is 0 Å². The molecular formula is C23H19F3N6O. The third-order valence-electron chi connectivity index (χ3n) is 5.55. The van der Waals surface area contributed by atoms with E-state index in [2.05, 4.69) is 15.1 Å². The van der Waals surface area contributed by atoms with Crippen LogP contribution >= 0.6 is 0 Å². The van der Waals surface area contributed by atoms with Crippen molar-refractivity contribution in [1.82, 2.24) is 29.2 Å². The highest BCUT2D eigenvalue weighted by atomic mass is 19.4. The Kier molecular flexibility index (Phi) is 4.73. The Bertz CT molecular complexity index is 1460. The molecule has 168 valence electrons. The molecule has 5 aromatic rings. The van der Waals surface area contributed by atoms with Crippen LogP contribution in [0.15, 0.2) is 61.2 Å². The minimum absolute atomic E-state index is 0.167. The van der Waals surface area contributed by atoms with Gasteiger partial charge in [-0.15, -0.1) is 0 Å². The van der Waals surface area contributed by atoms with Gasteiger partial charge in [-0.05, 0) is 42.5 Å². The van der Waals surface area contributed by atoms with E-state index in [1.165, 1.54) is 12.1 Å². The molecule has 33 heavy (non-hydrogen) atoms. The Morgan fingerprint density at radius 3 is 2.55 bits per heavy atom. The summed E-state index contributed by atoms with van der Waals surface area (Å²) in [5, 5.41) is 6.10. The second-order valence-electron chi connectivity index (χ2n) is 7.87. The van der Waals surface area contributed by atoms with Crippen LogP contribution in [0.2, 0.25) is 0 Å². The van der Waals surface area contributed by atoms with E-state index < -0.39 is 11.7 Å². The standard InChI is InChI=1S/C23H19F3N6O/c1-30(11-16-10-27-13-28-16)22(33)14-3-8-20-18(9-14)19-12-31(2)29-21(19)32(20)17-6-4-15(5-7-17)23(24,25)26/h3-10,12-13H,11H2,1-2H3,(H,27,28). The minimum Gasteiger partial charge on any atom is -0.351 e. The summed E-state index contributed by atoms with van der Waals surface area (Å²) in [6, 6.07) is 10.3. The number of aromatic amines is 1. The van der Waals surface area contributed by atoms with Crippen LogP contribution in [0.3, 0.4) is 0 Å². The number of carbonyl (C=O) groups is 1. The Labute approximate surface area is 186 Å². The molecule has 5 rings (SSSR count). The number of hydrogen-bond acceptors (Lipinski definition) is 3. The molecule has 0 spiro atoms. The number of hydrogen-bond donors (Lipinski definition) is 1. The fourth-order valence-electron chi connectivity index (χ4n) is 4.00. The first-order valence-corrected chi connectivity index (χ1v) is 10.1. The van der Waals surface area contributed by atoms with Gasteiger partial charge in [0.2, 0.25) is 0 Å². The zero-order valence-corrected chi connectivity index (χ0v) is 17.8. The van der Waals surface area contributed by atoms with E-state index >= 15 is 0 Å². The van der Waals surface area contributed by atoms with E-state index in [9.17, 15) is 18.0 Å². The number of halogens is 3. The summed E-state index contributed by atoms with van der Waals surface area (Å²) in [5.41, 5.74) is 2.43. The van der Waals surface area contributed by atoms with Gasteiger partial charge in [-0.3, -0.25) is 14.0 Å². The SMILES string of the molecule is CN(Cc1c[nH]cn1)C(=O)c1ccc2c(c1)c1cn(C)nc1n2-c1ccc(C(F)(F)F)cc1. The number of alkyl halides is 3. The molecular weight excluding hydrogens is 433 g/mol. The van der Waals surface area contributed by atoms with Crippen molar-refractivity contribution in [1.29, 1.82) is 0 Å². The summed E-state index contributed by atoms with van der Waals surface area (Å²) >= 11 is 0. The second-order valence-corrected chi connectivity index (χ2v) is 7.87. The lowest BCUT2D eigenvalue weighted by Crippen LogP contribution is -2.26. The van der Waals surface area contributed by atoms with Crippen molar-refractivity contribution in [3.63, 3.8) is 0 Å². The van der Waals surface area contributed by atoms with Gasteiger partial charge < -0.3 is 9.88 Å². The van der Waals surface area contributed by atoms with Gasteiger partial charge >= 0.3 is 6.18 Å². The summed E-state index contributed by atoms with van der Waals surface area (Å²) in [6.45, 7) is 0.356. The fourth-order valence-corrected chi connectivity index (χ4v) is 4.00. The minimum atomic E-state index is -4.41. The van der Waals surface area contributed by atoms with Gasteiger partial charge in [0, 0.05) is 48.5 Å². The lowest BCUT2D eigenvalue weighted by atomic mass is 10.1. The maximum atomic E-state index is 13.0. The number of rotatable bonds is 4. The number of H-pyrrole nitrogens is 1. The highest BCUT2D eigenvalue weighted by Crippen LogP contribution is 2.34. The molecule has 0 aliphatic carbocycles. The highest BCUT2D eigenvalue weighted by molar-refractivity contribution is 6.10. The predicted octanol–water partition coefficient (Wildman–Crippen LogP) is 4.53. The van der Waals surface area contributed by atoms with Crippen LogP contribution in [-0.2, 0) is 19.8 Å². The first-order valence-electron chi connectivity index (χ1n) is 10.1. The van der Waals surface area contributed by atoms with Crippen LogP contribution in [0.5, 0.6) is 0 Å². The molecule has 0 aliphatic heterocycles. The fraction of sp³-hybridized carbons (Fsp3) is 0.174. The molecule has 0 aliphatic rings. The molecule has 0 atom stereocenters. The van der Waals surface area contributed by atoms with E-state index in [0.717, 1.165) is 34.1 Å². The molecule has 10 heteroatoms. The Balaban J connectivity index is 1.59. The largest absolute Gasteiger partial charge is 0.416 e. The number of fused-ring (bicyclic) bond motifs is 3. The Morgan fingerprint density at radius 1 is 1.12 bits per heavy atom. The van der Waals surface area contributed by atoms with E-state index in [0.29, 0.717) is 23.4 Å². The molecule has 3 aromatic heterocycles. The average Bonchev–Trinajstić information content (AvgIpc) is 3.48.